The van der Waals surface area contributed by atoms with E-state index >= 15 is 0 Å². The van der Waals surface area contributed by atoms with E-state index in [1.165, 1.54) is 0 Å². The smallest absolute Gasteiger partial charge is 0.207 e. The van der Waals surface area contributed by atoms with Gasteiger partial charge in [0.15, 0.2) is 0 Å². The van der Waals surface area contributed by atoms with Crippen LogP contribution in [-0.4, -0.2) is 12.9 Å². The fraction of sp³-hybridized carbons (Fsp3) is 0.467. The summed E-state index contributed by atoms with van der Waals surface area (Å²) in [5.41, 5.74) is 1.09. The zero-order chi connectivity index (χ0) is 12.7. The van der Waals surface area contributed by atoms with Crippen molar-refractivity contribution in [2.24, 2.45) is 0 Å². The van der Waals surface area contributed by atoms with Crippen LogP contribution in [0.1, 0.15) is 38.7 Å². The van der Waals surface area contributed by atoms with Crippen molar-refractivity contribution in [1.82, 2.24) is 0 Å². The molecule has 0 saturated carbocycles. The summed E-state index contributed by atoms with van der Waals surface area (Å²) in [6.45, 7) is 7.86. The molecule has 1 atom stereocenters. The largest absolute Gasteiger partial charge is 0.463 e. The summed E-state index contributed by atoms with van der Waals surface area (Å²) in [5.74, 6) is 0.294. The van der Waals surface area contributed by atoms with Crippen LogP contribution in [0, 0.1) is 0 Å². The van der Waals surface area contributed by atoms with Gasteiger partial charge in [0.1, 0.15) is 5.75 Å². The summed E-state index contributed by atoms with van der Waals surface area (Å²) in [5, 5.41) is 0. The first-order valence-corrected chi connectivity index (χ1v) is 6.10. The molecule has 94 valence electrons. The third-order valence-corrected chi connectivity index (χ3v) is 2.87. The summed E-state index contributed by atoms with van der Waals surface area (Å²) in [7, 11) is 1.69. The topological polar surface area (TPSA) is 18.5 Å². The molecule has 0 heterocycles. The quantitative estimate of drug-likeness (QED) is 0.656. The molecule has 2 nitrogen and oxygen atoms in total. The van der Waals surface area contributed by atoms with Crippen molar-refractivity contribution >= 4 is 6.08 Å². The predicted molar refractivity (Wildman–Crippen MR) is 72.1 cm³/mol. The van der Waals surface area contributed by atoms with Crippen LogP contribution in [0.5, 0.6) is 5.75 Å². The van der Waals surface area contributed by atoms with Crippen LogP contribution in [0.2, 0.25) is 0 Å². The van der Waals surface area contributed by atoms with Crippen LogP contribution < -0.4 is 4.74 Å². The van der Waals surface area contributed by atoms with E-state index < -0.39 is 5.79 Å². The monoisotopic (exact) mass is 234 g/mol. The van der Waals surface area contributed by atoms with Gasteiger partial charge >= 0.3 is 0 Å². The number of hydrogen-bond acceptors (Lipinski definition) is 2. The Hall–Kier alpha value is -1.28. The van der Waals surface area contributed by atoms with Gasteiger partial charge in [0, 0.05) is 20.5 Å². The molecule has 0 fully saturated rings. The number of benzene rings is 1. The lowest BCUT2D eigenvalue weighted by Gasteiger charge is -2.29. The third-order valence-electron chi connectivity index (χ3n) is 2.87. The first kappa shape index (κ1) is 13.8. The lowest BCUT2D eigenvalue weighted by atomic mass is 10.1. The zero-order valence-corrected chi connectivity index (χ0v) is 11.0. The summed E-state index contributed by atoms with van der Waals surface area (Å²) >= 11 is 0. The highest BCUT2D eigenvalue weighted by Crippen LogP contribution is 2.24. The molecule has 17 heavy (non-hydrogen) atoms. The molecule has 0 aliphatic carbocycles. The second-order valence-electron chi connectivity index (χ2n) is 4.32. The van der Waals surface area contributed by atoms with E-state index in [0.717, 1.165) is 30.6 Å². The molecule has 0 N–H and O–H groups in total. The fourth-order valence-electron chi connectivity index (χ4n) is 1.61. The van der Waals surface area contributed by atoms with Crippen molar-refractivity contribution in [2.75, 3.05) is 7.11 Å². The van der Waals surface area contributed by atoms with Crippen LogP contribution in [0.25, 0.3) is 6.08 Å². The van der Waals surface area contributed by atoms with E-state index in [0.29, 0.717) is 0 Å². The van der Waals surface area contributed by atoms with Gasteiger partial charge in [0.2, 0.25) is 5.79 Å². The van der Waals surface area contributed by atoms with Crippen LogP contribution in [0.4, 0.5) is 0 Å². The maximum Gasteiger partial charge on any atom is 0.207 e. The molecule has 2 heteroatoms. The van der Waals surface area contributed by atoms with Gasteiger partial charge in [0.05, 0.1) is 0 Å². The Kier molecular flexibility index (Phi) is 5.23. The minimum absolute atomic E-state index is 0.536. The van der Waals surface area contributed by atoms with Crippen molar-refractivity contribution in [3.63, 3.8) is 0 Å². The van der Waals surface area contributed by atoms with Crippen molar-refractivity contribution in [3.05, 3.63) is 36.4 Å². The highest BCUT2D eigenvalue weighted by atomic mass is 16.7. The van der Waals surface area contributed by atoms with Gasteiger partial charge in [-0.1, -0.05) is 38.1 Å². The fourth-order valence-corrected chi connectivity index (χ4v) is 1.61. The highest BCUT2D eigenvalue weighted by molar-refractivity contribution is 5.48. The van der Waals surface area contributed by atoms with Crippen LogP contribution in [0.3, 0.4) is 0 Å². The molecular formula is C15H22O2. The molecule has 1 rings (SSSR count). The maximum absolute atomic E-state index is 5.90. The standard InChI is InChI=1S/C15H22O2/c1-5-7-12-15(3,16-4)17-14-10-8-13(6-2)9-11-14/h6,8-11H,2,5,7,12H2,1,3-4H3. The number of rotatable bonds is 7. The van der Waals surface area contributed by atoms with Crippen molar-refractivity contribution in [2.45, 2.75) is 38.9 Å². The molecule has 1 aromatic rings. The van der Waals surface area contributed by atoms with Crippen LogP contribution >= 0.6 is 0 Å². The second-order valence-corrected chi connectivity index (χ2v) is 4.32. The van der Waals surface area contributed by atoms with Gasteiger partial charge in [-0.2, -0.15) is 0 Å². The van der Waals surface area contributed by atoms with Crippen molar-refractivity contribution in [3.8, 4) is 5.75 Å². The molecule has 0 aliphatic rings. The number of methoxy groups -OCH3 is 1. The van der Waals surface area contributed by atoms with Crippen LogP contribution in [-0.2, 0) is 4.74 Å². The Morgan fingerprint density at radius 3 is 2.41 bits per heavy atom. The Bertz CT molecular complexity index is 342. The van der Waals surface area contributed by atoms with Gasteiger partial charge < -0.3 is 9.47 Å². The summed E-state index contributed by atoms with van der Waals surface area (Å²) in [4.78, 5) is 0. The zero-order valence-electron chi connectivity index (χ0n) is 11.0. The molecule has 0 aliphatic heterocycles. The van der Waals surface area contributed by atoms with E-state index in [9.17, 15) is 0 Å². The Labute approximate surface area is 104 Å². The minimum Gasteiger partial charge on any atom is -0.463 e. The number of hydrogen-bond donors (Lipinski definition) is 0. The van der Waals surface area contributed by atoms with Gasteiger partial charge in [-0.15, -0.1) is 0 Å². The van der Waals surface area contributed by atoms with E-state index in [-0.39, 0.29) is 0 Å². The van der Waals surface area contributed by atoms with E-state index in [4.69, 9.17) is 9.47 Å². The molecular weight excluding hydrogens is 212 g/mol. The highest BCUT2D eigenvalue weighted by Gasteiger charge is 2.24. The number of ether oxygens (including phenoxy) is 2. The van der Waals surface area contributed by atoms with E-state index in [2.05, 4.69) is 13.5 Å². The third kappa shape index (κ3) is 4.23. The molecule has 1 unspecified atom stereocenters. The summed E-state index contributed by atoms with van der Waals surface area (Å²) in [6, 6.07) is 7.86. The normalized spacial score (nSPS) is 14.1. The first-order chi connectivity index (χ1) is 8.13. The first-order valence-electron chi connectivity index (χ1n) is 6.10. The molecule has 0 aromatic heterocycles. The van der Waals surface area contributed by atoms with Gasteiger partial charge in [0.25, 0.3) is 0 Å². The molecule has 0 spiro atoms. The van der Waals surface area contributed by atoms with Crippen LogP contribution in [0.15, 0.2) is 30.8 Å². The predicted octanol–water partition coefficient (Wildman–Crippen LogP) is 4.26. The molecule has 0 bridgehead atoms. The van der Waals surface area contributed by atoms with Gasteiger partial charge in [-0.3, -0.25) is 0 Å². The average molecular weight is 234 g/mol. The van der Waals surface area contributed by atoms with E-state index in [1.54, 1.807) is 7.11 Å². The SMILES string of the molecule is C=Cc1ccc(OC(C)(CCCC)OC)cc1. The summed E-state index contributed by atoms with van der Waals surface area (Å²) < 4.78 is 11.4. The lowest BCUT2D eigenvalue weighted by molar-refractivity contribution is -0.154. The van der Waals surface area contributed by atoms with Crippen molar-refractivity contribution in [1.29, 1.82) is 0 Å². The average Bonchev–Trinajstić information content (AvgIpc) is 2.37. The van der Waals surface area contributed by atoms with Gasteiger partial charge in [-0.25, -0.2) is 0 Å². The Morgan fingerprint density at radius 2 is 1.94 bits per heavy atom. The van der Waals surface area contributed by atoms with E-state index in [1.807, 2.05) is 37.3 Å². The summed E-state index contributed by atoms with van der Waals surface area (Å²) in [6.07, 6.45) is 4.94. The van der Waals surface area contributed by atoms with Crippen molar-refractivity contribution < 1.29 is 9.47 Å². The Morgan fingerprint density at radius 1 is 1.29 bits per heavy atom. The molecule has 0 amide bonds. The second kappa shape index (κ2) is 6.45. The lowest BCUT2D eigenvalue weighted by Crippen LogP contribution is -2.34. The molecule has 0 saturated heterocycles. The number of unbranched alkanes of at least 4 members (excludes halogenated alkanes) is 1. The Balaban J connectivity index is 2.68. The molecule has 0 radical (unpaired) electrons. The maximum atomic E-state index is 5.90. The minimum atomic E-state index is -0.536. The molecule has 1 aromatic carbocycles. The van der Waals surface area contributed by atoms with Gasteiger partial charge in [-0.05, 0) is 24.1 Å².